The summed E-state index contributed by atoms with van der Waals surface area (Å²) < 4.78 is 5.41. The summed E-state index contributed by atoms with van der Waals surface area (Å²) in [6, 6.07) is 14.0. The Kier molecular flexibility index (Phi) is 6.46. The van der Waals surface area contributed by atoms with Crippen LogP contribution < -0.4 is 15.6 Å². The first-order chi connectivity index (χ1) is 15.6. The summed E-state index contributed by atoms with van der Waals surface area (Å²) in [4.78, 5) is 25.8. The molecule has 0 saturated carbocycles. The molecule has 1 aliphatic heterocycles. The van der Waals surface area contributed by atoms with Crippen molar-refractivity contribution in [1.29, 1.82) is 0 Å². The molecule has 164 valence electrons. The van der Waals surface area contributed by atoms with E-state index in [1.807, 2.05) is 36.1 Å². The highest BCUT2D eigenvalue weighted by atomic mass is 16.6. The fraction of sp³-hybridized carbons (Fsp3) is 0.238. The third-order valence-electron chi connectivity index (χ3n) is 4.71. The summed E-state index contributed by atoms with van der Waals surface area (Å²) in [5, 5.41) is 18.2. The van der Waals surface area contributed by atoms with E-state index < -0.39 is 4.92 Å². The van der Waals surface area contributed by atoms with Gasteiger partial charge < -0.3 is 15.0 Å². The van der Waals surface area contributed by atoms with E-state index in [0.29, 0.717) is 43.9 Å². The third kappa shape index (κ3) is 5.52. The SMILES string of the molecule is Cc1ccc(/C=N\Nc2nc(Nc3ccc([N+](=O)[O-])cc3)nc(N3CCOCC3)n2)cc1. The minimum Gasteiger partial charge on any atom is -0.378 e. The van der Waals surface area contributed by atoms with Crippen molar-refractivity contribution in [3.8, 4) is 0 Å². The lowest BCUT2D eigenvalue weighted by Gasteiger charge is -2.27. The zero-order valence-corrected chi connectivity index (χ0v) is 17.4. The van der Waals surface area contributed by atoms with Crippen LogP contribution in [0.1, 0.15) is 11.1 Å². The number of nitrogens with zero attached hydrogens (tertiary/aromatic N) is 6. The molecule has 1 aliphatic rings. The Balaban J connectivity index is 1.55. The molecular weight excluding hydrogens is 412 g/mol. The molecule has 11 heteroatoms. The molecule has 11 nitrogen and oxygen atoms in total. The molecule has 0 atom stereocenters. The molecule has 32 heavy (non-hydrogen) atoms. The molecule has 2 aromatic carbocycles. The fourth-order valence-electron chi connectivity index (χ4n) is 2.99. The molecular formula is C21H22N8O3. The Bertz CT molecular complexity index is 1100. The maximum Gasteiger partial charge on any atom is 0.269 e. The number of non-ortho nitro benzene ring substituents is 1. The molecule has 0 aliphatic carbocycles. The summed E-state index contributed by atoms with van der Waals surface area (Å²) in [7, 11) is 0. The Morgan fingerprint density at radius 2 is 1.72 bits per heavy atom. The monoisotopic (exact) mass is 434 g/mol. The second kappa shape index (κ2) is 9.79. The van der Waals surface area contributed by atoms with Crippen LogP contribution in [0.2, 0.25) is 0 Å². The number of morpholine rings is 1. The number of hydrogen-bond donors (Lipinski definition) is 2. The van der Waals surface area contributed by atoms with Crippen LogP contribution in [0.25, 0.3) is 0 Å². The van der Waals surface area contributed by atoms with E-state index >= 15 is 0 Å². The maximum absolute atomic E-state index is 10.9. The number of benzene rings is 2. The first-order valence-corrected chi connectivity index (χ1v) is 10.0. The van der Waals surface area contributed by atoms with Gasteiger partial charge >= 0.3 is 0 Å². The van der Waals surface area contributed by atoms with Crippen molar-refractivity contribution >= 4 is 35.4 Å². The number of anilines is 4. The number of aromatic nitrogens is 3. The number of nitrogens with one attached hydrogen (secondary N) is 2. The number of aryl methyl sites for hydroxylation is 1. The van der Waals surface area contributed by atoms with Crippen LogP contribution in [-0.2, 0) is 4.74 Å². The van der Waals surface area contributed by atoms with Crippen LogP contribution in [-0.4, -0.2) is 52.4 Å². The predicted molar refractivity (Wildman–Crippen MR) is 122 cm³/mol. The highest BCUT2D eigenvalue weighted by molar-refractivity contribution is 5.80. The number of hydrogen-bond acceptors (Lipinski definition) is 10. The zero-order valence-electron chi connectivity index (χ0n) is 17.4. The van der Waals surface area contributed by atoms with E-state index in [1.54, 1.807) is 18.3 Å². The van der Waals surface area contributed by atoms with E-state index in [4.69, 9.17) is 4.74 Å². The van der Waals surface area contributed by atoms with Gasteiger partial charge in [-0.2, -0.15) is 20.1 Å². The summed E-state index contributed by atoms with van der Waals surface area (Å²) in [5.74, 6) is 1.05. The Hall–Kier alpha value is -4.12. The van der Waals surface area contributed by atoms with Gasteiger partial charge in [0.05, 0.1) is 24.4 Å². The lowest BCUT2D eigenvalue weighted by atomic mass is 10.2. The summed E-state index contributed by atoms with van der Waals surface area (Å²) >= 11 is 0. The summed E-state index contributed by atoms with van der Waals surface area (Å²) in [5.41, 5.74) is 5.59. The first kappa shape index (κ1) is 21.1. The predicted octanol–water partition coefficient (Wildman–Crippen LogP) is 3.11. The normalized spacial score (nSPS) is 13.8. The number of nitro groups is 1. The molecule has 4 rings (SSSR count). The number of nitro benzene ring substituents is 1. The minimum absolute atomic E-state index is 0.00741. The standard InChI is InChI=1S/C21H22N8O3/c1-15-2-4-16(5-3-15)14-22-27-20-24-19(23-17-6-8-18(9-7-17)29(30)31)25-21(26-20)28-10-12-32-13-11-28/h2-9,14H,10-13H2,1H3,(H2,23,24,25,26,27)/b22-14-. The first-order valence-electron chi connectivity index (χ1n) is 10.0. The van der Waals surface area contributed by atoms with Gasteiger partial charge in [0, 0.05) is 30.9 Å². The number of ether oxygens (including phenoxy) is 1. The van der Waals surface area contributed by atoms with E-state index in [-0.39, 0.29) is 11.6 Å². The van der Waals surface area contributed by atoms with Crippen molar-refractivity contribution in [3.05, 3.63) is 69.8 Å². The van der Waals surface area contributed by atoms with Crippen LogP contribution >= 0.6 is 0 Å². The van der Waals surface area contributed by atoms with Crippen molar-refractivity contribution in [3.63, 3.8) is 0 Å². The van der Waals surface area contributed by atoms with Crippen molar-refractivity contribution in [2.75, 3.05) is 41.9 Å². The lowest BCUT2D eigenvalue weighted by molar-refractivity contribution is -0.384. The number of hydrazone groups is 1. The summed E-state index contributed by atoms with van der Waals surface area (Å²) in [6.45, 7) is 4.52. The molecule has 1 aromatic heterocycles. The molecule has 2 heterocycles. The smallest absolute Gasteiger partial charge is 0.269 e. The average molecular weight is 434 g/mol. The van der Waals surface area contributed by atoms with Crippen LogP contribution in [0.15, 0.2) is 53.6 Å². The molecule has 1 fully saturated rings. The van der Waals surface area contributed by atoms with Crippen molar-refractivity contribution in [1.82, 2.24) is 15.0 Å². The van der Waals surface area contributed by atoms with E-state index in [1.165, 1.54) is 17.7 Å². The summed E-state index contributed by atoms with van der Waals surface area (Å²) in [6.07, 6.45) is 1.68. The highest BCUT2D eigenvalue weighted by Crippen LogP contribution is 2.21. The lowest BCUT2D eigenvalue weighted by Crippen LogP contribution is -2.37. The Morgan fingerprint density at radius 1 is 1.03 bits per heavy atom. The second-order valence-electron chi connectivity index (χ2n) is 7.09. The quantitative estimate of drug-likeness (QED) is 0.327. The molecule has 0 bridgehead atoms. The molecule has 1 saturated heterocycles. The topological polar surface area (TPSA) is 131 Å². The molecule has 0 amide bonds. The van der Waals surface area contributed by atoms with Gasteiger partial charge in [-0.05, 0) is 24.6 Å². The van der Waals surface area contributed by atoms with Crippen molar-refractivity contribution in [2.24, 2.45) is 5.10 Å². The number of rotatable bonds is 7. The van der Waals surface area contributed by atoms with Gasteiger partial charge in [0.1, 0.15) is 0 Å². The molecule has 0 radical (unpaired) electrons. The van der Waals surface area contributed by atoms with E-state index in [0.717, 1.165) is 5.56 Å². The largest absolute Gasteiger partial charge is 0.378 e. The van der Waals surface area contributed by atoms with Gasteiger partial charge in [0.2, 0.25) is 17.8 Å². The Morgan fingerprint density at radius 3 is 2.41 bits per heavy atom. The van der Waals surface area contributed by atoms with Gasteiger partial charge in [-0.1, -0.05) is 29.8 Å². The molecule has 3 aromatic rings. The molecule has 0 unspecified atom stereocenters. The van der Waals surface area contributed by atoms with Gasteiger partial charge in [0.15, 0.2) is 0 Å². The van der Waals surface area contributed by atoms with Crippen LogP contribution in [0.4, 0.5) is 29.2 Å². The minimum atomic E-state index is -0.447. The maximum atomic E-state index is 10.9. The van der Waals surface area contributed by atoms with Crippen molar-refractivity contribution in [2.45, 2.75) is 6.92 Å². The zero-order chi connectivity index (χ0) is 22.3. The van der Waals surface area contributed by atoms with Crippen LogP contribution in [0.5, 0.6) is 0 Å². The van der Waals surface area contributed by atoms with Gasteiger partial charge in [-0.15, -0.1) is 0 Å². The second-order valence-corrected chi connectivity index (χ2v) is 7.09. The van der Waals surface area contributed by atoms with E-state index in [2.05, 4.69) is 30.8 Å². The molecule has 2 N–H and O–H groups in total. The highest BCUT2D eigenvalue weighted by Gasteiger charge is 2.17. The van der Waals surface area contributed by atoms with Gasteiger partial charge in [0.25, 0.3) is 5.69 Å². The Labute approximate surface area is 184 Å². The fourth-order valence-corrected chi connectivity index (χ4v) is 2.99. The van der Waals surface area contributed by atoms with Crippen molar-refractivity contribution < 1.29 is 9.66 Å². The van der Waals surface area contributed by atoms with Gasteiger partial charge in [-0.25, -0.2) is 5.43 Å². The molecule has 0 spiro atoms. The van der Waals surface area contributed by atoms with Crippen LogP contribution in [0.3, 0.4) is 0 Å². The van der Waals surface area contributed by atoms with Crippen LogP contribution in [0, 0.1) is 17.0 Å². The van der Waals surface area contributed by atoms with E-state index in [9.17, 15) is 10.1 Å². The van der Waals surface area contributed by atoms with Gasteiger partial charge in [-0.3, -0.25) is 10.1 Å². The average Bonchev–Trinajstić information content (AvgIpc) is 2.81. The third-order valence-corrected chi connectivity index (χ3v) is 4.71.